The highest BCUT2D eigenvalue weighted by Gasteiger charge is 2.30. The van der Waals surface area contributed by atoms with E-state index in [-0.39, 0.29) is 18.2 Å². The van der Waals surface area contributed by atoms with Crippen molar-refractivity contribution in [3.63, 3.8) is 0 Å². The average Bonchev–Trinajstić information content (AvgIpc) is 2.94. The molecule has 2 aliphatic heterocycles. The molecule has 1 aromatic heterocycles. The lowest BCUT2D eigenvalue weighted by Gasteiger charge is -2.22. The smallest absolute Gasteiger partial charge is 0.232 e. The van der Waals surface area contributed by atoms with Crippen LogP contribution in [0.3, 0.4) is 0 Å². The first-order chi connectivity index (χ1) is 12.1. The Morgan fingerprint density at radius 2 is 2.16 bits per heavy atom. The summed E-state index contributed by atoms with van der Waals surface area (Å²) in [4.78, 5) is 28.6. The number of nitrogens with one attached hydrogen (secondary N) is 2. The normalized spacial score (nSPS) is 18.3. The molecular formula is C16H17N5O4. The molecule has 1 atom stereocenters. The van der Waals surface area contributed by atoms with Gasteiger partial charge in [-0.25, -0.2) is 4.68 Å². The number of carbonyl (C=O) groups is 2. The van der Waals surface area contributed by atoms with E-state index in [9.17, 15) is 9.59 Å². The first-order valence-electron chi connectivity index (χ1n) is 8.00. The molecule has 0 fully saturated rings. The van der Waals surface area contributed by atoms with Crippen molar-refractivity contribution in [2.75, 3.05) is 23.8 Å². The summed E-state index contributed by atoms with van der Waals surface area (Å²) in [6.07, 6.45) is 0.0542. The third kappa shape index (κ3) is 3.12. The first kappa shape index (κ1) is 15.4. The van der Waals surface area contributed by atoms with Crippen LogP contribution in [0.1, 0.15) is 12.2 Å². The van der Waals surface area contributed by atoms with Crippen molar-refractivity contribution in [3.8, 4) is 11.5 Å². The Morgan fingerprint density at radius 3 is 3.00 bits per heavy atom. The number of carbonyl (C=O) groups excluding carboxylic acids is 2. The molecule has 0 spiro atoms. The van der Waals surface area contributed by atoms with Gasteiger partial charge in [0, 0.05) is 18.2 Å². The summed E-state index contributed by atoms with van der Waals surface area (Å²) < 4.78 is 12.6. The van der Waals surface area contributed by atoms with Crippen molar-refractivity contribution in [1.82, 2.24) is 14.8 Å². The fourth-order valence-corrected chi connectivity index (χ4v) is 2.89. The molecule has 0 bridgehead atoms. The molecular weight excluding hydrogens is 326 g/mol. The maximum atomic E-state index is 12.3. The third-order valence-corrected chi connectivity index (χ3v) is 4.03. The molecule has 0 saturated heterocycles. The van der Waals surface area contributed by atoms with Gasteiger partial charge in [0.25, 0.3) is 0 Å². The fourth-order valence-electron chi connectivity index (χ4n) is 2.89. The summed E-state index contributed by atoms with van der Waals surface area (Å²) in [5, 5.41) is 9.67. The number of nitrogens with zero attached hydrogens (tertiary/aromatic N) is 3. The minimum atomic E-state index is -0.495. The maximum absolute atomic E-state index is 12.3. The first-order valence-corrected chi connectivity index (χ1v) is 8.00. The summed E-state index contributed by atoms with van der Waals surface area (Å²) in [6.45, 7) is 3.07. The van der Waals surface area contributed by atoms with Crippen LogP contribution in [0.2, 0.25) is 0 Å². The quantitative estimate of drug-likeness (QED) is 0.859. The number of amides is 2. The van der Waals surface area contributed by atoms with Gasteiger partial charge in [-0.3, -0.25) is 14.9 Å². The number of benzene rings is 1. The van der Waals surface area contributed by atoms with E-state index in [0.29, 0.717) is 48.7 Å². The molecule has 2 amide bonds. The number of aromatic nitrogens is 3. The highest BCUT2D eigenvalue weighted by molar-refractivity contribution is 5.98. The van der Waals surface area contributed by atoms with Crippen molar-refractivity contribution < 1.29 is 19.1 Å². The zero-order valence-electron chi connectivity index (χ0n) is 13.6. The Hall–Kier alpha value is -3.10. The predicted octanol–water partition coefficient (Wildman–Crippen LogP) is 0.955. The molecule has 3 heterocycles. The molecule has 0 unspecified atom stereocenters. The van der Waals surface area contributed by atoms with Crippen molar-refractivity contribution in [2.45, 2.75) is 19.9 Å². The van der Waals surface area contributed by atoms with Crippen LogP contribution in [0.25, 0.3) is 0 Å². The van der Waals surface area contributed by atoms with Gasteiger partial charge in [-0.05, 0) is 19.1 Å². The largest absolute Gasteiger partial charge is 0.486 e. The lowest BCUT2D eigenvalue weighted by atomic mass is 10.0. The van der Waals surface area contributed by atoms with E-state index in [1.165, 1.54) is 0 Å². The van der Waals surface area contributed by atoms with Crippen molar-refractivity contribution >= 4 is 23.5 Å². The molecule has 2 N–H and O–H groups in total. The Balaban J connectivity index is 1.41. The Morgan fingerprint density at radius 1 is 1.36 bits per heavy atom. The number of fused-ring (bicyclic) bond motifs is 2. The van der Waals surface area contributed by atoms with Gasteiger partial charge >= 0.3 is 0 Å². The van der Waals surface area contributed by atoms with E-state index in [2.05, 4.69) is 20.7 Å². The molecule has 9 nitrogen and oxygen atoms in total. The molecule has 2 aliphatic rings. The van der Waals surface area contributed by atoms with E-state index in [4.69, 9.17) is 9.47 Å². The van der Waals surface area contributed by atoms with E-state index in [1.54, 1.807) is 29.8 Å². The van der Waals surface area contributed by atoms with Gasteiger partial charge in [-0.2, -0.15) is 10.1 Å². The van der Waals surface area contributed by atoms with Crippen LogP contribution < -0.4 is 20.1 Å². The molecule has 0 radical (unpaired) electrons. The van der Waals surface area contributed by atoms with Gasteiger partial charge in [0.2, 0.25) is 17.8 Å². The molecule has 1 aromatic carbocycles. The maximum Gasteiger partial charge on any atom is 0.232 e. The van der Waals surface area contributed by atoms with Crippen LogP contribution >= 0.6 is 0 Å². The molecule has 25 heavy (non-hydrogen) atoms. The Labute approximate surface area is 143 Å². The van der Waals surface area contributed by atoms with Gasteiger partial charge in [0.1, 0.15) is 19.0 Å². The SMILES string of the molecule is Cc1nc2n(n1)C[C@H](CC(=O)Nc1ccc3c(c1)OCCO3)C(=O)N2. The monoisotopic (exact) mass is 343 g/mol. The van der Waals surface area contributed by atoms with Crippen molar-refractivity contribution in [3.05, 3.63) is 24.0 Å². The molecule has 0 saturated carbocycles. The number of anilines is 2. The highest BCUT2D eigenvalue weighted by Crippen LogP contribution is 2.32. The van der Waals surface area contributed by atoms with Crippen molar-refractivity contribution in [1.29, 1.82) is 0 Å². The number of hydrogen-bond donors (Lipinski definition) is 2. The minimum Gasteiger partial charge on any atom is -0.486 e. The zero-order valence-corrected chi connectivity index (χ0v) is 13.6. The van der Waals surface area contributed by atoms with Gasteiger partial charge in [0.05, 0.1) is 12.5 Å². The lowest BCUT2D eigenvalue weighted by molar-refractivity contribution is -0.125. The lowest BCUT2D eigenvalue weighted by Crippen LogP contribution is -2.36. The van der Waals surface area contributed by atoms with E-state index in [0.717, 1.165) is 0 Å². The van der Waals surface area contributed by atoms with Crippen molar-refractivity contribution in [2.24, 2.45) is 5.92 Å². The Bertz CT molecular complexity index is 847. The number of ether oxygens (including phenoxy) is 2. The number of aryl methyl sites for hydroxylation is 1. The second-order valence-electron chi connectivity index (χ2n) is 5.96. The average molecular weight is 343 g/mol. The van der Waals surface area contributed by atoms with Crippen LogP contribution in [-0.2, 0) is 16.1 Å². The number of hydrogen-bond acceptors (Lipinski definition) is 6. The summed E-state index contributed by atoms with van der Waals surface area (Å²) in [5.41, 5.74) is 0.600. The standard InChI is InChI=1S/C16H17N5O4/c1-9-17-16-19-15(23)10(8-21(16)20-9)6-14(22)18-11-2-3-12-13(7-11)25-5-4-24-12/h2-3,7,10H,4-6,8H2,1H3,(H,18,22)(H,17,19,20,23)/t10-/m0/s1. The fraction of sp³-hybridized carbons (Fsp3) is 0.375. The third-order valence-electron chi connectivity index (χ3n) is 4.03. The van der Waals surface area contributed by atoms with Crippen LogP contribution in [-0.4, -0.2) is 39.8 Å². The van der Waals surface area contributed by atoms with Gasteiger partial charge in [0.15, 0.2) is 11.5 Å². The molecule has 130 valence electrons. The predicted molar refractivity (Wildman–Crippen MR) is 87.6 cm³/mol. The number of rotatable bonds is 3. The van der Waals surface area contributed by atoms with Crippen LogP contribution in [0, 0.1) is 12.8 Å². The summed E-state index contributed by atoms with van der Waals surface area (Å²) in [5.74, 6) is 1.29. The highest BCUT2D eigenvalue weighted by atomic mass is 16.6. The summed E-state index contributed by atoms with van der Waals surface area (Å²) in [7, 11) is 0. The van der Waals surface area contributed by atoms with Crippen LogP contribution in [0.5, 0.6) is 11.5 Å². The van der Waals surface area contributed by atoms with E-state index >= 15 is 0 Å². The van der Waals surface area contributed by atoms with Gasteiger partial charge in [-0.15, -0.1) is 0 Å². The van der Waals surface area contributed by atoms with E-state index in [1.807, 2.05) is 0 Å². The Kier molecular flexibility index (Phi) is 3.75. The topological polar surface area (TPSA) is 107 Å². The van der Waals surface area contributed by atoms with Gasteiger partial charge < -0.3 is 14.8 Å². The second-order valence-corrected chi connectivity index (χ2v) is 5.96. The van der Waals surface area contributed by atoms with Crippen LogP contribution in [0.4, 0.5) is 11.6 Å². The summed E-state index contributed by atoms with van der Waals surface area (Å²) in [6, 6.07) is 5.21. The molecule has 2 aromatic rings. The molecule has 4 rings (SSSR count). The molecule has 0 aliphatic carbocycles. The van der Waals surface area contributed by atoms with E-state index < -0.39 is 5.92 Å². The molecule has 9 heteroatoms. The zero-order chi connectivity index (χ0) is 17.4. The van der Waals surface area contributed by atoms with Gasteiger partial charge in [-0.1, -0.05) is 0 Å². The summed E-state index contributed by atoms with van der Waals surface area (Å²) >= 11 is 0. The second kappa shape index (κ2) is 6.08. The van der Waals surface area contributed by atoms with Crippen LogP contribution in [0.15, 0.2) is 18.2 Å². The minimum absolute atomic E-state index is 0.0542.